The second-order valence-corrected chi connectivity index (χ2v) is 10.9. The van der Waals surface area contributed by atoms with E-state index in [0.29, 0.717) is 44.6 Å². The number of aromatic amines is 1. The van der Waals surface area contributed by atoms with Gasteiger partial charge in [-0.1, -0.05) is 0 Å². The SMILES string of the molecule is COC(=O)c1ccc2[nH]cc(C3CCN(C(C(=O)O)C4CCN(C(=O)/C=C/c5cc(F)c(F)c(F)c5)CC4)CC3)c2c1. The summed E-state index contributed by atoms with van der Waals surface area (Å²) in [6, 6.07) is 6.37. The first kappa shape index (κ1) is 29.4. The third-order valence-corrected chi connectivity index (χ3v) is 8.47. The lowest BCUT2D eigenvalue weighted by Crippen LogP contribution is -2.52. The Bertz CT molecular complexity index is 1500. The van der Waals surface area contributed by atoms with Crippen molar-refractivity contribution >= 4 is 34.8 Å². The Morgan fingerprint density at radius 1 is 1.00 bits per heavy atom. The number of hydrogen-bond donors (Lipinski definition) is 2. The molecule has 222 valence electrons. The Morgan fingerprint density at radius 3 is 2.29 bits per heavy atom. The van der Waals surface area contributed by atoms with E-state index in [1.54, 1.807) is 11.0 Å². The van der Waals surface area contributed by atoms with Crippen LogP contribution in [-0.4, -0.2) is 77.1 Å². The molecule has 2 fully saturated rings. The van der Waals surface area contributed by atoms with Crippen molar-refractivity contribution in [3.05, 3.63) is 76.7 Å². The predicted molar refractivity (Wildman–Crippen MR) is 149 cm³/mol. The first-order chi connectivity index (χ1) is 20.2. The highest BCUT2D eigenvalue weighted by Gasteiger charge is 2.38. The molecule has 3 aromatic rings. The number of carboxylic acids is 1. The number of nitrogens with zero attached hydrogens (tertiary/aromatic N) is 2. The average molecular weight is 584 g/mol. The van der Waals surface area contributed by atoms with Gasteiger partial charge in [0.1, 0.15) is 6.04 Å². The number of esters is 1. The maximum absolute atomic E-state index is 13.5. The lowest BCUT2D eigenvalue weighted by Gasteiger charge is -2.41. The maximum atomic E-state index is 13.5. The van der Waals surface area contributed by atoms with Crippen molar-refractivity contribution < 1.29 is 37.4 Å². The van der Waals surface area contributed by atoms with E-state index in [9.17, 15) is 32.7 Å². The van der Waals surface area contributed by atoms with Crippen LogP contribution < -0.4 is 0 Å². The summed E-state index contributed by atoms with van der Waals surface area (Å²) in [5.41, 5.74) is 2.54. The van der Waals surface area contributed by atoms with Crippen molar-refractivity contribution in [3.8, 4) is 0 Å². The van der Waals surface area contributed by atoms with Gasteiger partial charge in [-0.15, -0.1) is 0 Å². The number of hydrogen-bond acceptors (Lipinski definition) is 5. The van der Waals surface area contributed by atoms with E-state index in [1.807, 2.05) is 23.2 Å². The van der Waals surface area contributed by atoms with E-state index in [2.05, 4.69) is 4.98 Å². The first-order valence-electron chi connectivity index (χ1n) is 13.9. The molecule has 1 atom stereocenters. The van der Waals surface area contributed by atoms with Gasteiger partial charge in [0.15, 0.2) is 17.5 Å². The van der Waals surface area contributed by atoms with E-state index >= 15 is 0 Å². The number of piperidine rings is 2. The summed E-state index contributed by atoms with van der Waals surface area (Å²) >= 11 is 0. The number of ether oxygens (including phenoxy) is 1. The van der Waals surface area contributed by atoms with Crippen LogP contribution in [0.15, 0.2) is 42.6 Å². The van der Waals surface area contributed by atoms with Gasteiger partial charge >= 0.3 is 11.9 Å². The monoisotopic (exact) mass is 583 g/mol. The molecule has 0 spiro atoms. The number of likely N-dealkylation sites (tertiary alicyclic amines) is 2. The number of aliphatic carboxylic acids is 1. The molecule has 2 saturated heterocycles. The number of fused-ring (bicyclic) bond motifs is 1. The van der Waals surface area contributed by atoms with Gasteiger partial charge in [0.25, 0.3) is 0 Å². The number of rotatable bonds is 7. The fourth-order valence-corrected chi connectivity index (χ4v) is 6.25. The molecule has 8 nitrogen and oxygen atoms in total. The molecular formula is C31H32F3N3O5. The summed E-state index contributed by atoms with van der Waals surface area (Å²) in [4.78, 5) is 43.9. The van der Waals surface area contributed by atoms with Crippen LogP contribution in [0.5, 0.6) is 0 Å². The minimum Gasteiger partial charge on any atom is -0.480 e. The number of aromatic nitrogens is 1. The smallest absolute Gasteiger partial charge is 0.337 e. The molecule has 42 heavy (non-hydrogen) atoms. The van der Waals surface area contributed by atoms with Crippen LogP contribution in [0.4, 0.5) is 13.2 Å². The largest absolute Gasteiger partial charge is 0.480 e. The quantitative estimate of drug-likeness (QED) is 0.232. The number of amides is 1. The van der Waals surface area contributed by atoms with E-state index < -0.39 is 35.4 Å². The molecule has 2 N–H and O–H groups in total. The number of carboxylic acid groups (broad SMARTS) is 1. The molecule has 1 aromatic heterocycles. The Kier molecular flexibility index (Phi) is 8.67. The molecular weight excluding hydrogens is 551 g/mol. The number of carbonyl (C=O) groups excluding carboxylic acids is 2. The maximum Gasteiger partial charge on any atom is 0.337 e. The number of benzene rings is 2. The van der Waals surface area contributed by atoms with Crippen molar-refractivity contribution in [2.45, 2.75) is 37.6 Å². The second kappa shape index (κ2) is 12.4. The molecule has 11 heteroatoms. The number of H-pyrrole nitrogens is 1. The summed E-state index contributed by atoms with van der Waals surface area (Å²) in [5, 5.41) is 11.1. The van der Waals surface area contributed by atoms with E-state index in [0.717, 1.165) is 41.4 Å². The van der Waals surface area contributed by atoms with Gasteiger partial charge in [0, 0.05) is 36.3 Å². The lowest BCUT2D eigenvalue weighted by atomic mass is 9.84. The molecule has 2 aliphatic heterocycles. The van der Waals surface area contributed by atoms with Crippen molar-refractivity contribution in [1.29, 1.82) is 0 Å². The molecule has 0 saturated carbocycles. The molecule has 2 aromatic carbocycles. The molecule has 0 aliphatic carbocycles. The summed E-state index contributed by atoms with van der Waals surface area (Å²) in [7, 11) is 1.35. The third-order valence-electron chi connectivity index (χ3n) is 8.47. The Labute approximate surface area is 240 Å². The van der Waals surface area contributed by atoms with Gasteiger partial charge in [0.05, 0.1) is 12.7 Å². The van der Waals surface area contributed by atoms with E-state index in [4.69, 9.17) is 4.74 Å². The zero-order valence-corrected chi connectivity index (χ0v) is 23.1. The normalized spacial score (nSPS) is 18.0. The number of carbonyl (C=O) groups is 3. The van der Waals surface area contributed by atoms with Crippen molar-refractivity contribution in [2.75, 3.05) is 33.3 Å². The highest BCUT2D eigenvalue weighted by molar-refractivity contribution is 5.96. The number of nitrogens with one attached hydrogen (secondary N) is 1. The van der Waals surface area contributed by atoms with Gasteiger partial charge in [-0.2, -0.15) is 0 Å². The fourth-order valence-electron chi connectivity index (χ4n) is 6.25. The molecule has 1 amide bonds. The van der Waals surface area contributed by atoms with Crippen LogP contribution >= 0.6 is 0 Å². The van der Waals surface area contributed by atoms with Crippen molar-refractivity contribution in [3.63, 3.8) is 0 Å². The fraction of sp³-hybridized carbons (Fsp3) is 0.387. The van der Waals surface area contributed by atoms with Crippen LogP contribution in [-0.2, 0) is 14.3 Å². The van der Waals surface area contributed by atoms with Gasteiger partial charge in [-0.25, -0.2) is 18.0 Å². The lowest BCUT2D eigenvalue weighted by molar-refractivity contribution is -0.147. The highest BCUT2D eigenvalue weighted by atomic mass is 19.2. The molecule has 0 bridgehead atoms. The van der Waals surface area contributed by atoms with Gasteiger partial charge in [-0.3, -0.25) is 14.5 Å². The van der Waals surface area contributed by atoms with Crippen LogP contribution in [0.25, 0.3) is 17.0 Å². The second-order valence-electron chi connectivity index (χ2n) is 10.9. The summed E-state index contributed by atoms with van der Waals surface area (Å²) < 4.78 is 44.9. The topological polar surface area (TPSA) is 103 Å². The minimum atomic E-state index is -1.56. The molecule has 5 rings (SSSR count). The van der Waals surface area contributed by atoms with Crippen LogP contribution in [0, 0.1) is 23.4 Å². The molecule has 0 radical (unpaired) electrons. The zero-order chi connectivity index (χ0) is 30.0. The number of halogens is 3. The van der Waals surface area contributed by atoms with Crippen LogP contribution in [0.2, 0.25) is 0 Å². The van der Waals surface area contributed by atoms with E-state index in [-0.39, 0.29) is 23.3 Å². The Balaban J connectivity index is 1.18. The molecule has 3 heterocycles. The van der Waals surface area contributed by atoms with Crippen LogP contribution in [0.3, 0.4) is 0 Å². The minimum absolute atomic E-state index is 0.0283. The first-order valence-corrected chi connectivity index (χ1v) is 13.9. The van der Waals surface area contributed by atoms with Gasteiger partial charge in [-0.05, 0) is 98.1 Å². The van der Waals surface area contributed by atoms with Crippen LogP contribution in [0.1, 0.15) is 53.1 Å². The highest BCUT2D eigenvalue weighted by Crippen LogP contribution is 2.36. The number of methoxy groups -OCH3 is 1. The molecule has 1 unspecified atom stereocenters. The summed E-state index contributed by atoms with van der Waals surface area (Å²) in [6.45, 7) is 1.94. The zero-order valence-electron chi connectivity index (χ0n) is 23.1. The third kappa shape index (κ3) is 6.06. The Morgan fingerprint density at radius 2 is 1.67 bits per heavy atom. The Hall–Kier alpha value is -4.12. The van der Waals surface area contributed by atoms with Crippen molar-refractivity contribution in [1.82, 2.24) is 14.8 Å². The standard InChI is InChI=1S/C31H32F3N3O5/c1-42-31(41)21-3-4-26-22(16-21)23(17-35-26)19-6-12-37(13-7-19)29(30(39)40)20-8-10-36(11-9-20)27(38)5-2-18-14-24(32)28(34)25(33)15-18/h2-5,14-17,19-20,29,35H,6-13H2,1H3,(H,39,40)/b5-2+. The predicted octanol–water partition coefficient (Wildman–Crippen LogP) is 4.96. The average Bonchev–Trinajstić information content (AvgIpc) is 3.42. The van der Waals surface area contributed by atoms with E-state index in [1.165, 1.54) is 19.3 Å². The van der Waals surface area contributed by atoms with Gasteiger partial charge in [0.2, 0.25) is 5.91 Å². The summed E-state index contributed by atoms with van der Waals surface area (Å²) in [6.07, 6.45) is 6.94. The molecule has 2 aliphatic rings. The summed E-state index contributed by atoms with van der Waals surface area (Å²) in [5.74, 6) is -5.79. The van der Waals surface area contributed by atoms with Gasteiger partial charge < -0.3 is 19.7 Å². The van der Waals surface area contributed by atoms with Crippen molar-refractivity contribution in [2.24, 2.45) is 5.92 Å².